The first-order chi connectivity index (χ1) is 11.1. The van der Waals surface area contributed by atoms with Gasteiger partial charge in [-0.25, -0.2) is 0 Å². The first-order valence-corrected chi connectivity index (χ1v) is 8.42. The maximum Gasteiger partial charge on any atom is 0.241 e. The highest BCUT2D eigenvalue weighted by molar-refractivity contribution is 5.95. The fourth-order valence-corrected chi connectivity index (χ4v) is 3.18. The van der Waals surface area contributed by atoms with Crippen molar-refractivity contribution >= 4 is 17.5 Å². The van der Waals surface area contributed by atoms with E-state index in [0.717, 1.165) is 18.5 Å². The Morgan fingerprint density at radius 1 is 1.13 bits per heavy atom. The van der Waals surface area contributed by atoms with Crippen LogP contribution in [0.4, 0.5) is 5.69 Å². The predicted molar refractivity (Wildman–Crippen MR) is 92.1 cm³/mol. The Bertz CT molecular complexity index is 512. The molecule has 2 rings (SSSR count). The normalized spacial score (nSPS) is 15.6. The topological polar surface area (TPSA) is 66.6 Å². The van der Waals surface area contributed by atoms with Crippen LogP contribution in [0.2, 0.25) is 0 Å². The van der Waals surface area contributed by atoms with Crippen LogP contribution in [0.15, 0.2) is 30.3 Å². The second-order valence-electron chi connectivity index (χ2n) is 6.30. The Kier molecular flexibility index (Phi) is 6.59. The summed E-state index contributed by atoms with van der Waals surface area (Å²) in [4.78, 5) is 27.7. The monoisotopic (exact) mass is 317 g/mol. The summed E-state index contributed by atoms with van der Waals surface area (Å²) in [7, 11) is 2.02. The summed E-state index contributed by atoms with van der Waals surface area (Å²) in [6, 6.07) is 9.96. The van der Waals surface area contributed by atoms with Crippen LogP contribution < -0.4 is 10.6 Å². The zero-order valence-electron chi connectivity index (χ0n) is 13.9. The Morgan fingerprint density at radius 3 is 2.39 bits per heavy atom. The quantitative estimate of drug-likeness (QED) is 0.838. The number of rotatable bonds is 7. The number of hydrogen-bond donors (Lipinski definition) is 1. The summed E-state index contributed by atoms with van der Waals surface area (Å²) in [6.07, 6.45) is 6.29. The molecule has 0 unspecified atom stereocenters. The molecule has 1 aromatic rings. The minimum absolute atomic E-state index is 0.0190. The van der Waals surface area contributed by atoms with Gasteiger partial charge in [0.1, 0.15) is 0 Å². The van der Waals surface area contributed by atoms with Crippen molar-refractivity contribution in [3.8, 4) is 0 Å². The minimum atomic E-state index is -0.389. The summed E-state index contributed by atoms with van der Waals surface area (Å²) in [5.41, 5.74) is 6.07. The van der Waals surface area contributed by atoms with E-state index in [0.29, 0.717) is 19.1 Å². The van der Waals surface area contributed by atoms with Crippen molar-refractivity contribution in [1.29, 1.82) is 0 Å². The predicted octanol–water partition coefficient (Wildman–Crippen LogP) is 2.16. The van der Waals surface area contributed by atoms with Crippen LogP contribution >= 0.6 is 0 Å². The van der Waals surface area contributed by atoms with Gasteiger partial charge >= 0.3 is 0 Å². The van der Waals surface area contributed by atoms with E-state index in [1.54, 1.807) is 4.90 Å². The lowest BCUT2D eigenvalue weighted by Crippen LogP contribution is -2.44. The van der Waals surface area contributed by atoms with E-state index in [-0.39, 0.29) is 18.2 Å². The molecule has 23 heavy (non-hydrogen) atoms. The number of likely N-dealkylation sites (N-methyl/N-ethyl adjacent to an activating group) is 1. The zero-order valence-corrected chi connectivity index (χ0v) is 13.9. The average molecular weight is 317 g/mol. The van der Waals surface area contributed by atoms with E-state index in [1.807, 2.05) is 37.4 Å². The van der Waals surface area contributed by atoms with Gasteiger partial charge in [0.25, 0.3) is 0 Å². The Balaban J connectivity index is 2.01. The number of amides is 2. The van der Waals surface area contributed by atoms with Crippen molar-refractivity contribution in [2.24, 2.45) is 5.73 Å². The summed E-state index contributed by atoms with van der Waals surface area (Å²) < 4.78 is 0. The minimum Gasteiger partial charge on any atom is -0.370 e. The molecule has 0 bridgehead atoms. The Morgan fingerprint density at radius 2 is 1.78 bits per heavy atom. The van der Waals surface area contributed by atoms with Crippen LogP contribution in [0, 0.1) is 0 Å². The molecule has 0 aromatic heterocycles. The molecule has 126 valence electrons. The lowest BCUT2D eigenvalue weighted by atomic mass is 9.94. The maximum atomic E-state index is 12.7. The number of benzene rings is 1. The molecule has 1 fully saturated rings. The lowest BCUT2D eigenvalue weighted by Gasteiger charge is -2.32. The lowest BCUT2D eigenvalue weighted by molar-refractivity contribution is -0.120. The molecule has 5 nitrogen and oxygen atoms in total. The first-order valence-electron chi connectivity index (χ1n) is 8.42. The van der Waals surface area contributed by atoms with Crippen molar-refractivity contribution in [2.75, 3.05) is 25.0 Å². The highest BCUT2D eigenvalue weighted by Gasteiger charge is 2.23. The van der Waals surface area contributed by atoms with Gasteiger partial charge in [0.2, 0.25) is 11.8 Å². The van der Waals surface area contributed by atoms with Crippen molar-refractivity contribution < 1.29 is 9.59 Å². The van der Waals surface area contributed by atoms with E-state index in [1.165, 1.54) is 19.3 Å². The number of hydrogen-bond acceptors (Lipinski definition) is 3. The van der Waals surface area contributed by atoms with Gasteiger partial charge in [-0.3, -0.25) is 14.5 Å². The molecule has 1 aliphatic carbocycles. The first kappa shape index (κ1) is 17.5. The number of carbonyl (C=O) groups is 2. The molecule has 5 heteroatoms. The third-order valence-corrected chi connectivity index (χ3v) is 4.53. The summed E-state index contributed by atoms with van der Waals surface area (Å²) in [5, 5.41) is 0. The second-order valence-corrected chi connectivity index (χ2v) is 6.30. The van der Waals surface area contributed by atoms with E-state index in [9.17, 15) is 9.59 Å². The molecule has 1 saturated carbocycles. The average Bonchev–Trinajstić information content (AvgIpc) is 2.56. The van der Waals surface area contributed by atoms with Gasteiger partial charge < -0.3 is 10.6 Å². The van der Waals surface area contributed by atoms with E-state index in [4.69, 9.17) is 5.73 Å². The smallest absolute Gasteiger partial charge is 0.241 e. The van der Waals surface area contributed by atoms with Crippen molar-refractivity contribution in [3.05, 3.63) is 30.3 Å². The van der Waals surface area contributed by atoms with Crippen LogP contribution in [0.3, 0.4) is 0 Å². The fourth-order valence-electron chi connectivity index (χ4n) is 3.18. The molecule has 0 spiro atoms. The zero-order chi connectivity index (χ0) is 16.7. The SMILES string of the molecule is CN(CC(=O)N(CCC(N)=O)c1ccccc1)C1CCCCC1. The number of para-hydroxylation sites is 1. The number of carbonyl (C=O) groups excluding carboxylic acids is 2. The molecule has 1 aromatic carbocycles. The van der Waals surface area contributed by atoms with Crippen molar-refractivity contribution in [1.82, 2.24) is 4.90 Å². The third-order valence-electron chi connectivity index (χ3n) is 4.53. The number of nitrogens with zero attached hydrogens (tertiary/aromatic N) is 2. The summed E-state index contributed by atoms with van der Waals surface area (Å²) >= 11 is 0. The molecule has 2 amide bonds. The van der Waals surface area contributed by atoms with E-state index < -0.39 is 0 Å². The van der Waals surface area contributed by atoms with Crippen LogP contribution in [0.25, 0.3) is 0 Å². The largest absolute Gasteiger partial charge is 0.370 e. The Hall–Kier alpha value is -1.88. The molecule has 0 radical (unpaired) electrons. The van der Waals surface area contributed by atoms with Gasteiger partial charge in [-0.2, -0.15) is 0 Å². The van der Waals surface area contributed by atoms with E-state index >= 15 is 0 Å². The second kappa shape index (κ2) is 8.67. The number of primary amides is 1. The van der Waals surface area contributed by atoms with Gasteiger partial charge in [-0.15, -0.1) is 0 Å². The number of nitrogens with two attached hydrogens (primary N) is 1. The fraction of sp³-hybridized carbons (Fsp3) is 0.556. The molecule has 0 saturated heterocycles. The molecule has 0 atom stereocenters. The molecule has 1 aliphatic rings. The number of anilines is 1. The molecule has 0 heterocycles. The van der Waals surface area contributed by atoms with Gasteiger partial charge in [0.05, 0.1) is 6.54 Å². The molecule has 0 aliphatic heterocycles. The molecule has 2 N–H and O–H groups in total. The highest BCUT2D eigenvalue weighted by atomic mass is 16.2. The van der Waals surface area contributed by atoms with Crippen LogP contribution in [0.5, 0.6) is 0 Å². The standard InChI is InChI=1S/C18H27N3O2/c1-20(15-8-4-2-5-9-15)14-18(23)21(13-12-17(19)22)16-10-6-3-7-11-16/h3,6-7,10-11,15H,2,4-5,8-9,12-14H2,1H3,(H2,19,22). The molecular formula is C18H27N3O2. The summed E-state index contributed by atoms with van der Waals surface area (Å²) in [5.74, 6) is -0.370. The van der Waals surface area contributed by atoms with Crippen LogP contribution in [0.1, 0.15) is 38.5 Å². The van der Waals surface area contributed by atoms with E-state index in [2.05, 4.69) is 4.90 Å². The van der Waals surface area contributed by atoms with Gasteiger partial charge in [-0.05, 0) is 32.0 Å². The molecular weight excluding hydrogens is 290 g/mol. The van der Waals surface area contributed by atoms with Gasteiger partial charge in [0.15, 0.2) is 0 Å². The van der Waals surface area contributed by atoms with Gasteiger partial charge in [-0.1, -0.05) is 37.5 Å². The van der Waals surface area contributed by atoms with Crippen molar-refractivity contribution in [3.63, 3.8) is 0 Å². The van der Waals surface area contributed by atoms with Gasteiger partial charge in [0, 0.05) is 24.7 Å². The maximum absolute atomic E-state index is 12.7. The van der Waals surface area contributed by atoms with Crippen LogP contribution in [-0.2, 0) is 9.59 Å². The van der Waals surface area contributed by atoms with Crippen molar-refractivity contribution in [2.45, 2.75) is 44.6 Å². The Labute approximate surface area is 138 Å². The third kappa shape index (κ3) is 5.36. The summed E-state index contributed by atoms with van der Waals surface area (Å²) in [6.45, 7) is 0.703. The van der Waals surface area contributed by atoms with Crippen LogP contribution in [-0.4, -0.2) is 42.9 Å². The highest BCUT2D eigenvalue weighted by Crippen LogP contribution is 2.22.